The van der Waals surface area contributed by atoms with Gasteiger partial charge in [0.1, 0.15) is 6.07 Å². The van der Waals surface area contributed by atoms with Crippen LogP contribution < -0.4 is 16.1 Å². The van der Waals surface area contributed by atoms with Gasteiger partial charge in [-0.3, -0.25) is 14.0 Å². The molecule has 136 valence electrons. The molecule has 0 aliphatic rings. The number of ketones is 1. The monoisotopic (exact) mass is 368 g/mol. The number of pyridine rings is 1. The van der Waals surface area contributed by atoms with Crippen LogP contribution >= 0.6 is 0 Å². The van der Waals surface area contributed by atoms with Crippen LogP contribution in [0.3, 0.4) is 0 Å². The first-order valence-corrected chi connectivity index (χ1v) is 8.73. The molecule has 0 fully saturated rings. The maximum absolute atomic E-state index is 13.2. The zero-order valence-corrected chi connectivity index (χ0v) is 15.4. The number of Topliss-reactive ketones (excluding diaryl/α,β-unsaturated/α-hetero) is 1. The van der Waals surface area contributed by atoms with Gasteiger partial charge >= 0.3 is 0 Å². The zero-order chi connectivity index (χ0) is 19.8. The van der Waals surface area contributed by atoms with Gasteiger partial charge < -0.3 is 5.32 Å². The number of carbonyl (C=O) groups excluding carboxylic acids is 1. The van der Waals surface area contributed by atoms with Crippen molar-refractivity contribution in [3.63, 3.8) is 0 Å². The average Bonchev–Trinajstić information content (AvgIpc) is 3.08. The van der Waals surface area contributed by atoms with E-state index in [1.807, 2.05) is 24.3 Å². The third-order valence-corrected chi connectivity index (χ3v) is 4.78. The molecule has 0 saturated heterocycles. The second-order valence-corrected chi connectivity index (χ2v) is 6.51. The van der Waals surface area contributed by atoms with Crippen molar-refractivity contribution in [2.45, 2.75) is 13.8 Å². The lowest BCUT2D eigenvalue weighted by atomic mass is 10.1. The fourth-order valence-electron chi connectivity index (χ4n) is 3.24. The predicted molar refractivity (Wildman–Crippen MR) is 108 cm³/mol. The summed E-state index contributed by atoms with van der Waals surface area (Å²) in [5.74, 6) is -0.00989. The van der Waals surface area contributed by atoms with E-state index >= 15 is 0 Å². The topological polar surface area (TPSA) is 87.3 Å². The van der Waals surface area contributed by atoms with Gasteiger partial charge in [0.15, 0.2) is 11.4 Å². The number of hydrogen-bond acceptors (Lipinski definition) is 5. The normalized spacial score (nSPS) is 11.7. The number of nitrogens with one attached hydrogen (secondary N) is 1. The van der Waals surface area contributed by atoms with Crippen molar-refractivity contribution in [3.05, 3.63) is 80.8 Å². The summed E-state index contributed by atoms with van der Waals surface area (Å²) >= 11 is 0. The lowest BCUT2D eigenvalue weighted by Gasteiger charge is -2.05. The Morgan fingerprint density at radius 2 is 1.89 bits per heavy atom. The van der Waals surface area contributed by atoms with Crippen LogP contribution in [0.1, 0.15) is 28.4 Å². The van der Waals surface area contributed by atoms with Gasteiger partial charge in [-0.2, -0.15) is 5.26 Å². The van der Waals surface area contributed by atoms with Crippen LogP contribution in [0.4, 0.5) is 5.69 Å². The second kappa shape index (κ2) is 6.63. The number of nitrogens with zero attached hydrogens (tertiary/aromatic N) is 3. The summed E-state index contributed by atoms with van der Waals surface area (Å²) in [4.78, 5) is 29.0. The highest BCUT2D eigenvalue weighted by atomic mass is 16.1. The minimum atomic E-state index is -0.243. The largest absolute Gasteiger partial charge is 0.361 e. The summed E-state index contributed by atoms with van der Waals surface area (Å²) in [7, 11) is 0. The van der Waals surface area contributed by atoms with E-state index in [0.717, 1.165) is 5.69 Å². The molecule has 1 N–H and O–H groups in total. The standard InChI is InChI=1S/C22H16N4O2/c1-13-17(11-23)21-25-19-5-3-4-6-20(19)26(21)22(28)18(13)12-24-16-9-7-15(8-10-16)14(2)27/h3-10,12,24H,1-2H3. The van der Waals surface area contributed by atoms with E-state index in [1.54, 1.807) is 37.4 Å². The smallest absolute Gasteiger partial charge is 0.265 e. The number of aromatic nitrogens is 2. The van der Waals surface area contributed by atoms with Crippen LogP contribution in [-0.4, -0.2) is 15.2 Å². The molecule has 2 aromatic heterocycles. The Hall–Kier alpha value is -3.98. The Bertz CT molecular complexity index is 1390. The van der Waals surface area contributed by atoms with Crippen LogP contribution in [-0.2, 0) is 0 Å². The van der Waals surface area contributed by atoms with Crippen molar-refractivity contribution in [2.24, 2.45) is 0 Å². The zero-order valence-electron chi connectivity index (χ0n) is 15.4. The van der Waals surface area contributed by atoms with Gasteiger partial charge in [0.05, 0.1) is 21.8 Å². The molecule has 0 aliphatic heterocycles. The quantitative estimate of drug-likeness (QED) is 0.562. The number of nitriles is 1. The second-order valence-electron chi connectivity index (χ2n) is 6.51. The van der Waals surface area contributed by atoms with E-state index in [9.17, 15) is 14.9 Å². The van der Waals surface area contributed by atoms with Crippen molar-refractivity contribution in [1.82, 2.24) is 9.38 Å². The highest BCUT2D eigenvalue weighted by Gasteiger charge is 2.15. The first-order valence-electron chi connectivity index (χ1n) is 8.73. The van der Waals surface area contributed by atoms with Crippen molar-refractivity contribution in [2.75, 3.05) is 5.32 Å². The first-order chi connectivity index (χ1) is 13.5. The number of fused-ring (bicyclic) bond motifs is 3. The molecule has 2 heterocycles. The lowest BCUT2D eigenvalue weighted by molar-refractivity contribution is 0.101. The summed E-state index contributed by atoms with van der Waals surface area (Å²) in [6.45, 7) is 3.25. The molecule has 0 aliphatic carbocycles. The van der Waals surface area contributed by atoms with Crippen molar-refractivity contribution >= 4 is 34.4 Å². The maximum atomic E-state index is 13.2. The fraction of sp³-hybridized carbons (Fsp3) is 0.0909. The van der Waals surface area contributed by atoms with E-state index < -0.39 is 0 Å². The highest BCUT2D eigenvalue weighted by molar-refractivity contribution is 5.94. The average molecular weight is 368 g/mol. The van der Waals surface area contributed by atoms with Gasteiger partial charge in [0.25, 0.3) is 5.56 Å². The molecule has 0 unspecified atom stereocenters. The number of para-hydroxylation sites is 2. The molecular formula is C22H16N4O2. The first kappa shape index (κ1) is 17.4. The van der Waals surface area contributed by atoms with Crippen molar-refractivity contribution in [3.8, 4) is 6.07 Å². The van der Waals surface area contributed by atoms with E-state index in [1.165, 1.54) is 11.3 Å². The summed E-state index contributed by atoms with van der Waals surface area (Å²) in [5, 5.41) is 13.1. The van der Waals surface area contributed by atoms with Crippen LogP contribution in [0.2, 0.25) is 0 Å². The van der Waals surface area contributed by atoms with Crippen molar-refractivity contribution < 1.29 is 4.79 Å². The van der Waals surface area contributed by atoms with Crippen LogP contribution in [0.15, 0.2) is 53.3 Å². The minimum Gasteiger partial charge on any atom is -0.361 e. The Morgan fingerprint density at radius 3 is 2.57 bits per heavy atom. The number of hydrogen-bond donors (Lipinski definition) is 1. The summed E-state index contributed by atoms with van der Waals surface area (Å²) in [6, 6.07) is 16.5. The molecule has 0 radical (unpaired) electrons. The molecule has 6 heteroatoms. The van der Waals surface area contributed by atoms with E-state index in [-0.39, 0.29) is 11.3 Å². The number of benzene rings is 2. The molecule has 6 nitrogen and oxygen atoms in total. The number of rotatable bonds is 3. The maximum Gasteiger partial charge on any atom is 0.265 e. The summed E-state index contributed by atoms with van der Waals surface area (Å²) in [5.41, 5.74) is 3.75. The predicted octanol–water partition coefficient (Wildman–Crippen LogP) is 2.80. The van der Waals surface area contributed by atoms with Crippen molar-refractivity contribution in [1.29, 1.82) is 5.26 Å². The van der Waals surface area contributed by atoms with Gasteiger partial charge in [-0.1, -0.05) is 12.1 Å². The molecule has 28 heavy (non-hydrogen) atoms. The van der Waals surface area contributed by atoms with E-state index in [0.29, 0.717) is 38.6 Å². The lowest BCUT2D eigenvalue weighted by Crippen LogP contribution is -2.34. The number of imidazole rings is 1. The molecular weight excluding hydrogens is 352 g/mol. The van der Waals surface area contributed by atoms with Gasteiger partial charge in [-0.15, -0.1) is 0 Å². The molecule has 4 aromatic rings. The molecule has 0 saturated carbocycles. The highest BCUT2D eigenvalue weighted by Crippen LogP contribution is 2.17. The SMILES string of the molecule is CC(=O)c1ccc(NC=c2c(C)c(C#N)c3nc4ccccc4n3c2=O)cc1. The third kappa shape index (κ3) is 2.70. The van der Waals surface area contributed by atoms with Gasteiger partial charge in [0, 0.05) is 17.5 Å². The van der Waals surface area contributed by atoms with Gasteiger partial charge in [-0.05, 0) is 55.8 Å². The van der Waals surface area contributed by atoms with Crippen LogP contribution in [0.25, 0.3) is 22.9 Å². The van der Waals surface area contributed by atoms with Crippen LogP contribution in [0, 0.1) is 18.3 Å². The minimum absolute atomic E-state index is 0.00989. The molecule has 0 amide bonds. The van der Waals surface area contributed by atoms with E-state index in [4.69, 9.17) is 0 Å². The fourth-order valence-corrected chi connectivity index (χ4v) is 3.24. The van der Waals surface area contributed by atoms with Gasteiger partial charge in [-0.25, -0.2) is 4.98 Å². The third-order valence-electron chi connectivity index (χ3n) is 4.78. The summed E-state index contributed by atoms with van der Waals surface area (Å²) < 4.78 is 1.48. The Morgan fingerprint density at radius 1 is 1.18 bits per heavy atom. The Kier molecular flexibility index (Phi) is 4.13. The molecule has 0 atom stereocenters. The van der Waals surface area contributed by atoms with E-state index in [2.05, 4.69) is 16.4 Å². The number of anilines is 1. The van der Waals surface area contributed by atoms with Crippen LogP contribution in [0.5, 0.6) is 0 Å². The molecule has 4 rings (SSSR count). The Balaban J connectivity index is 1.92. The summed E-state index contributed by atoms with van der Waals surface area (Å²) in [6.07, 6.45) is 1.59. The number of carbonyl (C=O) groups is 1. The molecule has 0 spiro atoms. The van der Waals surface area contributed by atoms with Gasteiger partial charge in [0.2, 0.25) is 0 Å². The molecule has 0 bridgehead atoms. The molecule has 2 aromatic carbocycles. The Labute approximate surface area is 160 Å².